The number of para-hydroxylation sites is 1. The number of anilines is 2. The summed E-state index contributed by atoms with van der Waals surface area (Å²) in [5.74, 6) is 1.62. The summed E-state index contributed by atoms with van der Waals surface area (Å²) in [7, 11) is 3.18. The number of fused-ring (bicyclic) bond motifs is 1. The molecule has 0 aromatic heterocycles. The first-order chi connectivity index (χ1) is 16.6. The molecule has 0 spiro atoms. The van der Waals surface area contributed by atoms with E-state index >= 15 is 0 Å². The van der Waals surface area contributed by atoms with Crippen molar-refractivity contribution in [2.24, 2.45) is 5.92 Å². The number of ether oxygens (including phenoxy) is 3. The second-order valence-electron chi connectivity index (χ2n) is 7.88. The van der Waals surface area contributed by atoms with Crippen LogP contribution in [0, 0.1) is 5.92 Å². The molecule has 1 aliphatic heterocycles. The monoisotopic (exact) mass is 461 g/mol. The molecule has 0 radical (unpaired) electrons. The van der Waals surface area contributed by atoms with Gasteiger partial charge in [-0.3, -0.25) is 4.79 Å². The molecule has 176 valence electrons. The molecule has 0 saturated carbocycles. The fraction of sp³-hybridized carbons (Fsp3) is 0.231. The summed E-state index contributed by atoms with van der Waals surface area (Å²) in [5.41, 5.74) is 3.01. The molecule has 3 aromatic carbocycles. The summed E-state index contributed by atoms with van der Waals surface area (Å²) in [6, 6.07) is 19.7. The van der Waals surface area contributed by atoms with Gasteiger partial charge < -0.3 is 30.2 Å². The van der Waals surface area contributed by atoms with Gasteiger partial charge in [0.2, 0.25) is 5.91 Å². The third-order valence-corrected chi connectivity index (χ3v) is 5.57. The zero-order valence-electron chi connectivity index (χ0n) is 19.1. The number of benzene rings is 3. The molecular formula is C26H27N3O5. The number of carbonyl (C=O) groups is 2. The maximum Gasteiger partial charge on any atom is 0.323 e. The smallest absolute Gasteiger partial charge is 0.323 e. The van der Waals surface area contributed by atoms with Gasteiger partial charge in [-0.05, 0) is 60.5 Å². The van der Waals surface area contributed by atoms with Crippen molar-refractivity contribution in [2.45, 2.75) is 13.0 Å². The molecule has 3 N–H and O–H groups in total. The van der Waals surface area contributed by atoms with Crippen LogP contribution in [0.3, 0.4) is 0 Å². The largest absolute Gasteiger partial charge is 0.497 e. The van der Waals surface area contributed by atoms with E-state index < -0.39 is 0 Å². The molecule has 0 bridgehead atoms. The van der Waals surface area contributed by atoms with Gasteiger partial charge in [-0.1, -0.05) is 18.2 Å². The molecule has 1 aliphatic rings. The van der Waals surface area contributed by atoms with Crippen LogP contribution in [0.1, 0.15) is 11.1 Å². The Hall–Kier alpha value is -4.20. The maximum atomic E-state index is 12.9. The zero-order chi connectivity index (χ0) is 23.9. The lowest BCUT2D eigenvalue weighted by molar-refractivity contribution is -0.126. The van der Waals surface area contributed by atoms with Crippen LogP contribution >= 0.6 is 0 Å². The quantitative estimate of drug-likeness (QED) is 0.490. The van der Waals surface area contributed by atoms with E-state index in [2.05, 4.69) is 16.0 Å². The summed E-state index contributed by atoms with van der Waals surface area (Å²) < 4.78 is 16.5. The third kappa shape index (κ3) is 5.58. The number of carbonyl (C=O) groups excluding carboxylic acids is 2. The minimum Gasteiger partial charge on any atom is -0.497 e. The lowest BCUT2D eigenvalue weighted by atomic mass is 9.95. The molecule has 3 amide bonds. The molecule has 1 heterocycles. The highest BCUT2D eigenvalue weighted by atomic mass is 16.5. The van der Waals surface area contributed by atoms with Gasteiger partial charge in [0.1, 0.15) is 23.9 Å². The zero-order valence-corrected chi connectivity index (χ0v) is 19.1. The number of hydrogen-bond donors (Lipinski definition) is 3. The van der Waals surface area contributed by atoms with E-state index in [9.17, 15) is 9.59 Å². The Labute approximate surface area is 198 Å². The molecular weight excluding hydrogens is 434 g/mol. The van der Waals surface area contributed by atoms with E-state index in [0.29, 0.717) is 41.6 Å². The average Bonchev–Trinajstić information content (AvgIpc) is 2.87. The molecule has 3 aromatic rings. The third-order valence-electron chi connectivity index (χ3n) is 5.57. The van der Waals surface area contributed by atoms with Crippen LogP contribution in [0.5, 0.6) is 17.2 Å². The van der Waals surface area contributed by atoms with Crippen molar-refractivity contribution in [3.63, 3.8) is 0 Å². The first-order valence-corrected chi connectivity index (χ1v) is 10.9. The molecule has 0 unspecified atom stereocenters. The molecule has 34 heavy (non-hydrogen) atoms. The second kappa shape index (κ2) is 10.6. The Morgan fingerprint density at radius 1 is 0.941 bits per heavy atom. The Bertz CT molecular complexity index is 1170. The highest BCUT2D eigenvalue weighted by Gasteiger charge is 2.26. The lowest BCUT2D eigenvalue weighted by Gasteiger charge is -2.25. The van der Waals surface area contributed by atoms with Gasteiger partial charge in [-0.25, -0.2) is 4.79 Å². The average molecular weight is 462 g/mol. The highest BCUT2D eigenvalue weighted by Crippen LogP contribution is 2.30. The molecule has 4 rings (SSSR count). The molecule has 0 fully saturated rings. The highest BCUT2D eigenvalue weighted by molar-refractivity contribution is 5.99. The summed E-state index contributed by atoms with van der Waals surface area (Å²) >= 11 is 0. The van der Waals surface area contributed by atoms with E-state index in [4.69, 9.17) is 14.2 Å². The maximum absolute atomic E-state index is 12.9. The summed E-state index contributed by atoms with van der Waals surface area (Å²) in [4.78, 5) is 25.2. The fourth-order valence-electron chi connectivity index (χ4n) is 3.80. The molecule has 0 saturated heterocycles. The normalized spacial score (nSPS) is 14.2. The van der Waals surface area contributed by atoms with Crippen LogP contribution in [-0.4, -0.2) is 32.8 Å². The van der Waals surface area contributed by atoms with Crippen molar-refractivity contribution in [2.75, 3.05) is 31.5 Å². The topological polar surface area (TPSA) is 97.9 Å². The Morgan fingerprint density at radius 3 is 2.50 bits per heavy atom. The molecule has 8 heteroatoms. The minimum absolute atomic E-state index is 0.115. The van der Waals surface area contributed by atoms with Crippen LogP contribution in [0.25, 0.3) is 0 Å². The molecule has 1 atom stereocenters. The van der Waals surface area contributed by atoms with E-state index in [1.165, 1.54) is 0 Å². The Balaban J connectivity index is 1.37. The van der Waals surface area contributed by atoms with Crippen LogP contribution in [0.4, 0.5) is 16.2 Å². The first-order valence-electron chi connectivity index (χ1n) is 10.9. The van der Waals surface area contributed by atoms with E-state index in [1.807, 2.05) is 60.7 Å². The van der Waals surface area contributed by atoms with Crippen LogP contribution in [-0.2, 0) is 17.8 Å². The lowest BCUT2D eigenvalue weighted by Crippen LogP contribution is -2.37. The molecule has 0 aliphatic carbocycles. The SMILES string of the molecule is COc1ccc(OC)c(CNC(=O)[C@@H]2COc3ccc(NC(=O)Nc4ccccc4)cc3C2)c1. The minimum atomic E-state index is -0.350. The summed E-state index contributed by atoms with van der Waals surface area (Å²) in [6.07, 6.45) is 0.506. The van der Waals surface area contributed by atoms with Crippen molar-refractivity contribution < 1.29 is 23.8 Å². The predicted octanol–water partition coefficient (Wildman–Crippen LogP) is 4.22. The van der Waals surface area contributed by atoms with Crippen molar-refractivity contribution in [3.05, 3.63) is 77.9 Å². The van der Waals surface area contributed by atoms with Crippen molar-refractivity contribution in [1.29, 1.82) is 0 Å². The van der Waals surface area contributed by atoms with Crippen molar-refractivity contribution in [3.8, 4) is 17.2 Å². The van der Waals surface area contributed by atoms with Gasteiger partial charge in [0.05, 0.1) is 20.1 Å². The molecule has 8 nitrogen and oxygen atoms in total. The second-order valence-corrected chi connectivity index (χ2v) is 7.88. The van der Waals surface area contributed by atoms with Crippen LogP contribution in [0.15, 0.2) is 66.7 Å². The Kier molecular flexibility index (Phi) is 7.17. The Morgan fingerprint density at radius 2 is 1.74 bits per heavy atom. The van der Waals surface area contributed by atoms with Gasteiger partial charge >= 0.3 is 6.03 Å². The summed E-state index contributed by atoms with van der Waals surface area (Å²) in [5, 5.41) is 8.57. The van der Waals surface area contributed by atoms with Crippen molar-refractivity contribution >= 4 is 23.3 Å². The van der Waals surface area contributed by atoms with Crippen LogP contribution in [0.2, 0.25) is 0 Å². The van der Waals surface area contributed by atoms with Gasteiger partial charge in [-0.15, -0.1) is 0 Å². The number of nitrogens with one attached hydrogen (secondary N) is 3. The summed E-state index contributed by atoms with van der Waals surface area (Å²) in [6.45, 7) is 0.596. The number of hydrogen-bond acceptors (Lipinski definition) is 5. The van der Waals surface area contributed by atoms with Gasteiger partial charge in [-0.2, -0.15) is 0 Å². The van der Waals surface area contributed by atoms with Crippen molar-refractivity contribution in [1.82, 2.24) is 5.32 Å². The number of rotatable bonds is 7. The van der Waals surface area contributed by atoms with Gasteiger partial charge in [0.25, 0.3) is 0 Å². The number of methoxy groups -OCH3 is 2. The number of urea groups is 1. The van der Waals surface area contributed by atoms with E-state index in [1.54, 1.807) is 20.3 Å². The van der Waals surface area contributed by atoms with Gasteiger partial charge in [0, 0.05) is 23.5 Å². The van der Waals surface area contributed by atoms with E-state index in [-0.39, 0.29) is 24.5 Å². The van der Waals surface area contributed by atoms with Crippen LogP contribution < -0.4 is 30.2 Å². The first kappa shape index (κ1) is 23.0. The van der Waals surface area contributed by atoms with E-state index in [0.717, 1.165) is 11.1 Å². The standard InChI is InChI=1S/C26H27N3O5/c1-32-22-9-11-23(33-2)18(14-22)15-27-25(30)19-12-17-13-21(8-10-24(17)34-16-19)29-26(31)28-20-6-4-3-5-7-20/h3-11,13-14,19H,12,15-16H2,1-2H3,(H,27,30)(H2,28,29,31)/t19-/m0/s1. The fourth-order valence-corrected chi connectivity index (χ4v) is 3.80. The predicted molar refractivity (Wildman–Crippen MR) is 130 cm³/mol. The number of amides is 3. The van der Waals surface area contributed by atoms with Gasteiger partial charge in [0.15, 0.2) is 0 Å².